The Morgan fingerprint density at radius 1 is 1.54 bits per heavy atom. The molecule has 3 nitrogen and oxygen atoms in total. The molecule has 0 amide bonds. The highest BCUT2D eigenvalue weighted by atomic mass is 16.6. The van der Waals surface area contributed by atoms with Crippen LogP contribution >= 0.6 is 0 Å². The molecule has 0 unspecified atom stereocenters. The van der Waals surface area contributed by atoms with Gasteiger partial charge in [0.2, 0.25) is 0 Å². The SMILES string of the molecule is Cc1ccnc(C(C)(C)CON)c1. The summed E-state index contributed by atoms with van der Waals surface area (Å²) in [5.41, 5.74) is 2.09. The summed E-state index contributed by atoms with van der Waals surface area (Å²) in [6.45, 7) is 6.64. The van der Waals surface area contributed by atoms with Gasteiger partial charge >= 0.3 is 0 Å². The van der Waals surface area contributed by atoms with Crippen molar-refractivity contribution >= 4 is 0 Å². The highest BCUT2D eigenvalue weighted by Gasteiger charge is 2.22. The van der Waals surface area contributed by atoms with E-state index >= 15 is 0 Å². The fourth-order valence-corrected chi connectivity index (χ4v) is 1.19. The Morgan fingerprint density at radius 3 is 2.77 bits per heavy atom. The molecule has 0 saturated carbocycles. The lowest BCUT2D eigenvalue weighted by atomic mass is 9.89. The molecular weight excluding hydrogens is 164 g/mol. The maximum atomic E-state index is 5.06. The van der Waals surface area contributed by atoms with Gasteiger partial charge in [-0.1, -0.05) is 13.8 Å². The summed E-state index contributed by atoms with van der Waals surface area (Å²) in [5, 5.41) is 0. The van der Waals surface area contributed by atoms with Crippen molar-refractivity contribution in [3.63, 3.8) is 0 Å². The van der Waals surface area contributed by atoms with E-state index in [1.165, 1.54) is 5.56 Å². The normalized spacial score (nSPS) is 11.7. The molecule has 2 N–H and O–H groups in total. The predicted molar refractivity (Wildman–Crippen MR) is 52.1 cm³/mol. The molecule has 1 aromatic heterocycles. The lowest BCUT2D eigenvalue weighted by Crippen LogP contribution is -2.27. The number of nitrogens with zero attached hydrogens (tertiary/aromatic N) is 1. The zero-order valence-corrected chi connectivity index (χ0v) is 8.37. The van der Waals surface area contributed by atoms with Gasteiger partial charge in [-0.05, 0) is 24.6 Å². The summed E-state index contributed by atoms with van der Waals surface area (Å²) in [6.07, 6.45) is 1.81. The quantitative estimate of drug-likeness (QED) is 0.718. The van der Waals surface area contributed by atoms with Crippen molar-refractivity contribution < 1.29 is 4.84 Å². The average Bonchev–Trinajstić information content (AvgIpc) is 2.04. The van der Waals surface area contributed by atoms with Crippen molar-refractivity contribution in [3.05, 3.63) is 29.6 Å². The maximum absolute atomic E-state index is 5.06. The molecule has 13 heavy (non-hydrogen) atoms. The second kappa shape index (κ2) is 3.85. The molecule has 1 heterocycles. The van der Waals surface area contributed by atoms with Crippen LogP contribution in [-0.4, -0.2) is 11.6 Å². The second-order valence-electron chi connectivity index (χ2n) is 3.91. The second-order valence-corrected chi connectivity index (χ2v) is 3.91. The van der Waals surface area contributed by atoms with Gasteiger partial charge in [0.25, 0.3) is 0 Å². The molecule has 0 bridgehead atoms. The van der Waals surface area contributed by atoms with E-state index in [4.69, 9.17) is 5.90 Å². The smallest absolute Gasteiger partial charge is 0.0785 e. The highest BCUT2D eigenvalue weighted by molar-refractivity contribution is 5.20. The van der Waals surface area contributed by atoms with Crippen molar-refractivity contribution in [2.75, 3.05) is 6.61 Å². The molecule has 0 fully saturated rings. The van der Waals surface area contributed by atoms with E-state index in [9.17, 15) is 0 Å². The first-order valence-electron chi connectivity index (χ1n) is 4.31. The van der Waals surface area contributed by atoms with Gasteiger partial charge in [-0.3, -0.25) is 4.98 Å². The number of pyridine rings is 1. The number of nitrogens with two attached hydrogens (primary N) is 1. The molecule has 1 aromatic rings. The average molecular weight is 180 g/mol. The summed E-state index contributed by atoms with van der Waals surface area (Å²) in [7, 11) is 0. The summed E-state index contributed by atoms with van der Waals surface area (Å²) in [4.78, 5) is 8.96. The fourth-order valence-electron chi connectivity index (χ4n) is 1.19. The van der Waals surface area contributed by atoms with E-state index < -0.39 is 0 Å². The van der Waals surface area contributed by atoms with Crippen LogP contribution in [0.3, 0.4) is 0 Å². The third-order valence-corrected chi connectivity index (χ3v) is 2.05. The van der Waals surface area contributed by atoms with Crippen molar-refractivity contribution in [3.8, 4) is 0 Å². The van der Waals surface area contributed by atoms with Crippen LogP contribution in [0.5, 0.6) is 0 Å². The topological polar surface area (TPSA) is 48.1 Å². The van der Waals surface area contributed by atoms with Gasteiger partial charge in [0.15, 0.2) is 0 Å². The van der Waals surface area contributed by atoms with Crippen molar-refractivity contribution in [2.45, 2.75) is 26.2 Å². The Morgan fingerprint density at radius 2 is 2.23 bits per heavy atom. The molecule has 0 aliphatic rings. The lowest BCUT2D eigenvalue weighted by Gasteiger charge is -2.22. The number of hydrogen-bond acceptors (Lipinski definition) is 3. The largest absolute Gasteiger partial charge is 0.304 e. The van der Waals surface area contributed by atoms with Crippen LogP contribution < -0.4 is 5.90 Å². The first kappa shape index (κ1) is 10.2. The number of rotatable bonds is 3. The zero-order valence-electron chi connectivity index (χ0n) is 8.37. The Kier molecular flexibility index (Phi) is 3.01. The monoisotopic (exact) mass is 180 g/mol. The van der Waals surface area contributed by atoms with Crippen LogP contribution in [-0.2, 0) is 10.3 Å². The molecule has 0 radical (unpaired) electrons. The Labute approximate surface area is 78.9 Å². The molecule has 0 aliphatic carbocycles. The molecule has 0 saturated heterocycles. The van der Waals surface area contributed by atoms with Gasteiger partial charge in [-0.2, -0.15) is 0 Å². The lowest BCUT2D eigenvalue weighted by molar-refractivity contribution is 0.0949. The summed E-state index contributed by atoms with van der Waals surface area (Å²) < 4.78 is 0. The standard InChI is InChI=1S/C10H16N2O/c1-8-4-5-12-9(6-8)10(2,3)7-13-11/h4-6H,7,11H2,1-3H3. The molecule has 1 rings (SSSR count). The van der Waals surface area contributed by atoms with Gasteiger partial charge in [0.05, 0.1) is 6.61 Å². The minimum absolute atomic E-state index is 0.124. The molecular formula is C10H16N2O. The minimum atomic E-state index is -0.124. The molecule has 3 heteroatoms. The van der Waals surface area contributed by atoms with Crippen LogP contribution in [0.1, 0.15) is 25.1 Å². The molecule has 0 aromatic carbocycles. The Bertz CT molecular complexity index is 284. The van der Waals surface area contributed by atoms with E-state index in [1.54, 1.807) is 0 Å². The number of hydrogen-bond donors (Lipinski definition) is 1. The molecule has 0 atom stereocenters. The Balaban J connectivity index is 2.93. The fraction of sp³-hybridized carbons (Fsp3) is 0.500. The van der Waals surface area contributed by atoms with Gasteiger partial charge in [-0.15, -0.1) is 0 Å². The van der Waals surface area contributed by atoms with Gasteiger partial charge in [-0.25, -0.2) is 5.90 Å². The van der Waals surface area contributed by atoms with Crippen LogP contribution in [0.25, 0.3) is 0 Å². The highest BCUT2D eigenvalue weighted by Crippen LogP contribution is 2.21. The number of aryl methyl sites for hydroxylation is 1. The van der Waals surface area contributed by atoms with E-state index in [0.29, 0.717) is 6.61 Å². The van der Waals surface area contributed by atoms with Crippen molar-refractivity contribution in [1.82, 2.24) is 4.98 Å². The van der Waals surface area contributed by atoms with E-state index in [1.807, 2.05) is 19.2 Å². The molecule has 0 aliphatic heterocycles. The Hall–Kier alpha value is -0.930. The van der Waals surface area contributed by atoms with Gasteiger partial charge < -0.3 is 4.84 Å². The third-order valence-electron chi connectivity index (χ3n) is 2.05. The van der Waals surface area contributed by atoms with Crippen molar-refractivity contribution in [1.29, 1.82) is 0 Å². The maximum Gasteiger partial charge on any atom is 0.0785 e. The first-order valence-corrected chi connectivity index (χ1v) is 4.31. The van der Waals surface area contributed by atoms with Crippen LogP contribution in [0.15, 0.2) is 18.3 Å². The van der Waals surface area contributed by atoms with Gasteiger partial charge in [0, 0.05) is 17.3 Å². The summed E-state index contributed by atoms with van der Waals surface area (Å²) in [5.74, 6) is 5.06. The summed E-state index contributed by atoms with van der Waals surface area (Å²) >= 11 is 0. The number of aromatic nitrogens is 1. The van der Waals surface area contributed by atoms with E-state index in [0.717, 1.165) is 5.69 Å². The van der Waals surface area contributed by atoms with Crippen molar-refractivity contribution in [2.24, 2.45) is 5.90 Å². The summed E-state index contributed by atoms with van der Waals surface area (Å²) in [6, 6.07) is 4.03. The van der Waals surface area contributed by atoms with Crippen LogP contribution in [0, 0.1) is 6.92 Å². The third kappa shape index (κ3) is 2.50. The molecule has 0 spiro atoms. The predicted octanol–water partition coefficient (Wildman–Crippen LogP) is 1.56. The molecule has 72 valence electrons. The van der Waals surface area contributed by atoms with Gasteiger partial charge in [0.1, 0.15) is 0 Å². The first-order chi connectivity index (χ1) is 6.06. The minimum Gasteiger partial charge on any atom is -0.304 e. The van der Waals surface area contributed by atoms with Crippen LogP contribution in [0.4, 0.5) is 0 Å². The van der Waals surface area contributed by atoms with Crippen LogP contribution in [0.2, 0.25) is 0 Å². The van der Waals surface area contributed by atoms with E-state index in [2.05, 4.69) is 29.7 Å². The zero-order chi connectivity index (χ0) is 9.90. The van der Waals surface area contributed by atoms with E-state index in [-0.39, 0.29) is 5.41 Å².